The molecule has 70 valence electrons. The first-order valence-electron chi connectivity index (χ1n) is 4.54. The Balaban J connectivity index is 2.41. The molecule has 0 aromatic heterocycles. The molecule has 0 radical (unpaired) electrons. The lowest BCUT2D eigenvalue weighted by Gasteiger charge is -2.24. The van der Waals surface area contributed by atoms with Crippen LogP contribution in [-0.2, 0) is 6.61 Å². The van der Waals surface area contributed by atoms with Crippen LogP contribution in [0.25, 0.3) is 0 Å². The van der Waals surface area contributed by atoms with Gasteiger partial charge in [0.05, 0.1) is 6.61 Å². The third-order valence-electron chi connectivity index (χ3n) is 2.47. The van der Waals surface area contributed by atoms with Crippen LogP contribution in [0.5, 0.6) is 0 Å². The summed E-state index contributed by atoms with van der Waals surface area (Å²) in [5.74, 6) is 0. The molecular formula is C10H14N2O. The molecule has 1 aliphatic rings. The van der Waals surface area contributed by atoms with E-state index in [0.29, 0.717) is 0 Å². The molecule has 0 unspecified atom stereocenters. The average molecular weight is 178 g/mol. The Morgan fingerprint density at radius 2 is 2.38 bits per heavy atom. The Kier molecular flexibility index (Phi) is 2.20. The largest absolute Gasteiger partial charge is 0.392 e. The van der Waals surface area contributed by atoms with Gasteiger partial charge in [0.2, 0.25) is 0 Å². The van der Waals surface area contributed by atoms with Crippen molar-refractivity contribution < 1.29 is 5.11 Å². The van der Waals surface area contributed by atoms with Crippen LogP contribution >= 0.6 is 0 Å². The molecule has 1 atom stereocenters. The van der Waals surface area contributed by atoms with E-state index in [2.05, 4.69) is 5.32 Å². The Morgan fingerprint density at radius 1 is 1.54 bits per heavy atom. The highest BCUT2D eigenvalue weighted by atomic mass is 16.3. The van der Waals surface area contributed by atoms with Crippen LogP contribution in [-0.4, -0.2) is 11.7 Å². The number of aliphatic hydroxyl groups is 1. The first-order chi connectivity index (χ1) is 6.31. The predicted octanol–water partition coefficient (Wildman–Crippen LogP) is 0.994. The van der Waals surface area contributed by atoms with Gasteiger partial charge in [0.1, 0.15) is 0 Å². The van der Waals surface area contributed by atoms with Gasteiger partial charge in [-0.05, 0) is 29.7 Å². The first kappa shape index (κ1) is 8.53. The number of aliphatic hydroxyl groups excluding tert-OH is 1. The van der Waals surface area contributed by atoms with Gasteiger partial charge in [-0.2, -0.15) is 0 Å². The van der Waals surface area contributed by atoms with Gasteiger partial charge in [-0.15, -0.1) is 0 Å². The van der Waals surface area contributed by atoms with Crippen molar-refractivity contribution in [3.05, 3.63) is 29.3 Å². The maximum absolute atomic E-state index is 8.96. The van der Waals surface area contributed by atoms with Crippen molar-refractivity contribution in [2.24, 2.45) is 5.73 Å². The minimum Gasteiger partial charge on any atom is -0.392 e. The number of nitrogens with two attached hydrogens (primary N) is 1. The van der Waals surface area contributed by atoms with Crippen LogP contribution < -0.4 is 11.1 Å². The molecular weight excluding hydrogens is 164 g/mol. The summed E-state index contributed by atoms with van der Waals surface area (Å²) in [7, 11) is 0. The van der Waals surface area contributed by atoms with E-state index in [-0.39, 0.29) is 12.6 Å². The van der Waals surface area contributed by atoms with Gasteiger partial charge in [-0.25, -0.2) is 0 Å². The highest BCUT2D eigenvalue weighted by Crippen LogP contribution is 2.28. The lowest BCUT2D eigenvalue weighted by atomic mass is 9.97. The fourth-order valence-corrected chi connectivity index (χ4v) is 1.70. The van der Waals surface area contributed by atoms with Crippen LogP contribution in [0.1, 0.15) is 23.6 Å². The average Bonchev–Trinajstić information content (AvgIpc) is 2.18. The molecule has 0 saturated heterocycles. The van der Waals surface area contributed by atoms with E-state index in [1.165, 1.54) is 0 Å². The van der Waals surface area contributed by atoms with Gasteiger partial charge < -0.3 is 16.2 Å². The second kappa shape index (κ2) is 3.36. The molecule has 1 aliphatic heterocycles. The van der Waals surface area contributed by atoms with Gasteiger partial charge in [0.15, 0.2) is 0 Å². The fourth-order valence-electron chi connectivity index (χ4n) is 1.70. The zero-order valence-corrected chi connectivity index (χ0v) is 7.46. The molecule has 0 saturated carbocycles. The maximum Gasteiger partial charge on any atom is 0.0682 e. The number of benzene rings is 1. The highest BCUT2D eigenvalue weighted by Gasteiger charge is 2.15. The number of fused-ring (bicyclic) bond motifs is 1. The van der Waals surface area contributed by atoms with E-state index < -0.39 is 0 Å². The number of hydrogen-bond acceptors (Lipinski definition) is 3. The maximum atomic E-state index is 8.96. The lowest BCUT2D eigenvalue weighted by Crippen LogP contribution is -2.22. The Hall–Kier alpha value is -1.06. The van der Waals surface area contributed by atoms with Crippen molar-refractivity contribution in [2.75, 3.05) is 11.9 Å². The molecule has 1 heterocycles. The Bertz CT molecular complexity index is 312. The van der Waals surface area contributed by atoms with Crippen molar-refractivity contribution in [3.63, 3.8) is 0 Å². The normalized spacial score (nSPS) is 20.6. The second-order valence-electron chi connectivity index (χ2n) is 3.40. The van der Waals surface area contributed by atoms with E-state index in [0.717, 1.165) is 29.8 Å². The van der Waals surface area contributed by atoms with Gasteiger partial charge >= 0.3 is 0 Å². The van der Waals surface area contributed by atoms with E-state index in [1.54, 1.807) is 0 Å². The number of nitrogens with one attached hydrogen (secondary N) is 1. The van der Waals surface area contributed by atoms with Gasteiger partial charge in [-0.3, -0.25) is 0 Å². The van der Waals surface area contributed by atoms with E-state index >= 15 is 0 Å². The van der Waals surface area contributed by atoms with Crippen LogP contribution in [0, 0.1) is 0 Å². The molecule has 0 fully saturated rings. The van der Waals surface area contributed by atoms with Crippen molar-refractivity contribution in [1.82, 2.24) is 0 Å². The molecule has 3 heteroatoms. The predicted molar refractivity (Wildman–Crippen MR) is 52.4 cm³/mol. The van der Waals surface area contributed by atoms with Crippen molar-refractivity contribution >= 4 is 5.69 Å². The summed E-state index contributed by atoms with van der Waals surface area (Å²) < 4.78 is 0. The Labute approximate surface area is 77.6 Å². The SMILES string of the molecule is N[C@@H]1CCNc2ccc(CO)cc21. The van der Waals surface area contributed by atoms with E-state index in [9.17, 15) is 0 Å². The highest BCUT2D eigenvalue weighted by molar-refractivity contribution is 5.55. The topological polar surface area (TPSA) is 58.3 Å². The number of anilines is 1. The van der Waals surface area contributed by atoms with Crippen LogP contribution in [0.3, 0.4) is 0 Å². The monoisotopic (exact) mass is 178 g/mol. The third kappa shape index (κ3) is 1.53. The third-order valence-corrected chi connectivity index (χ3v) is 2.47. The molecule has 1 aromatic rings. The van der Waals surface area contributed by atoms with Crippen molar-refractivity contribution in [1.29, 1.82) is 0 Å². The van der Waals surface area contributed by atoms with E-state index in [4.69, 9.17) is 10.8 Å². The molecule has 0 aliphatic carbocycles. The smallest absolute Gasteiger partial charge is 0.0682 e. The van der Waals surface area contributed by atoms with Gasteiger partial charge in [0.25, 0.3) is 0 Å². The summed E-state index contributed by atoms with van der Waals surface area (Å²) in [6.45, 7) is 1.02. The van der Waals surface area contributed by atoms with Crippen molar-refractivity contribution in [3.8, 4) is 0 Å². The molecule has 2 rings (SSSR count). The minimum absolute atomic E-state index is 0.0833. The second-order valence-corrected chi connectivity index (χ2v) is 3.40. The summed E-state index contributed by atoms with van der Waals surface area (Å²) in [5, 5.41) is 12.2. The van der Waals surface area contributed by atoms with Crippen molar-refractivity contribution in [2.45, 2.75) is 19.1 Å². The lowest BCUT2D eigenvalue weighted by molar-refractivity contribution is 0.281. The molecule has 0 bridgehead atoms. The Morgan fingerprint density at radius 3 is 3.15 bits per heavy atom. The summed E-state index contributed by atoms with van der Waals surface area (Å²) in [4.78, 5) is 0. The van der Waals surface area contributed by atoms with Crippen LogP contribution in [0.4, 0.5) is 5.69 Å². The first-order valence-corrected chi connectivity index (χ1v) is 4.54. The molecule has 13 heavy (non-hydrogen) atoms. The number of rotatable bonds is 1. The minimum atomic E-state index is 0.0833. The van der Waals surface area contributed by atoms with Crippen LogP contribution in [0.15, 0.2) is 18.2 Å². The summed E-state index contributed by atoms with van der Waals surface area (Å²) >= 11 is 0. The zero-order chi connectivity index (χ0) is 9.26. The molecule has 0 amide bonds. The molecule has 3 nitrogen and oxygen atoms in total. The van der Waals surface area contributed by atoms with Crippen LogP contribution in [0.2, 0.25) is 0 Å². The van der Waals surface area contributed by atoms with Gasteiger partial charge in [-0.1, -0.05) is 6.07 Å². The fraction of sp³-hybridized carbons (Fsp3) is 0.400. The molecule has 1 aromatic carbocycles. The number of hydrogen-bond donors (Lipinski definition) is 3. The summed E-state index contributed by atoms with van der Waals surface area (Å²) in [5.41, 5.74) is 9.11. The quantitative estimate of drug-likeness (QED) is 0.601. The standard InChI is InChI=1S/C10H14N2O/c11-9-3-4-12-10-2-1-7(6-13)5-8(9)10/h1-2,5,9,12-13H,3-4,6,11H2/t9-/m1/s1. The van der Waals surface area contributed by atoms with Gasteiger partial charge in [0, 0.05) is 18.3 Å². The molecule has 4 N–H and O–H groups in total. The summed E-state index contributed by atoms with van der Waals surface area (Å²) in [6.07, 6.45) is 0.960. The zero-order valence-electron chi connectivity index (χ0n) is 7.46. The summed E-state index contributed by atoms with van der Waals surface area (Å²) in [6, 6.07) is 6.00. The molecule has 0 spiro atoms. The van der Waals surface area contributed by atoms with E-state index in [1.807, 2.05) is 18.2 Å².